The fourth-order valence-corrected chi connectivity index (χ4v) is 1.91. The van der Waals surface area contributed by atoms with Crippen molar-refractivity contribution in [2.24, 2.45) is 0 Å². The van der Waals surface area contributed by atoms with E-state index in [0.29, 0.717) is 0 Å². The van der Waals surface area contributed by atoms with Crippen LogP contribution < -0.4 is 5.32 Å². The number of aryl methyl sites for hydroxylation is 1. The molecule has 1 amide bonds. The van der Waals surface area contributed by atoms with Crippen molar-refractivity contribution >= 4 is 18.0 Å². The number of benzene rings is 1. The number of rotatable bonds is 9. The topological polar surface area (TPSA) is 32.3 Å². The van der Waals surface area contributed by atoms with Gasteiger partial charge < -0.3 is 10.2 Å². The summed E-state index contributed by atoms with van der Waals surface area (Å²) in [5, 5.41) is 3.46. The van der Waals surface area contributed by atoms with Gasteiger partial charge >= 0.3 is 0 Å². The van der Waals surface area contributed by atoms with Crippen LogP contribution >= 0.6 is 11.6 Å². The van der Waals surface area contributed by atoms with E-state index < -0.39 is 0 Å². The maximum atomic E-state index is 10.1. The Morgan fingerprint density at radius 1 is 1.22 bits per heavy atom. The number of carbonyl (C=O) groups is 1. The molecule has 1 aromatic rings. The third kappa shape index (κ3) is 6.62. The van der Waals surface area contributed by atoms with Crippen LogP contribution in [-0.2, 0) is 11.2 Å². The van der Waals surface area contributed by atoms with Gasteiger partial charge in [-0.1, -0.05) is 23.7 Å². The Morgan fingerprint density at radius 3 is 2.61 bits per heavy atom. The largest absolute Gasteiger partial charge is 0.357 e. The molecule has 1 N–H and O–H groups in total. The van der Waals surface area contributed by atoms with E-state index >= 15 is 0 Å². The quantitative estimate of drug-likeness (QED) is 0.551. The van der Waals surface area contributed by atoms with E-state index in [4.69, 9.17) is 11.6 Å². The van der Waals surface area contributed by atoms with Crippen LogP contribution in [0.5, 0.6) is 0 Å². The maximum Gasteiger partial charge on any atom is 0.207 e. The predicted octanol–water partition coefficient (Wildman–Crippen LogP) is 2.34. The molecule has 0 aliphatic carbocycles. The summed E-state index contributed by atoms with van der Waals surface area (Å²) in [5.74, 6) is 0. The van der Waals surface area contributed by atoms with Crippen LogP contribution in [-0.4, -0.2) is 38.0 Å². The van der Waals surface area contributed by atoms with Crippen molar-refractivity contribution in [3.05, 3.63) is 34.9 Å². The van der Waals surface area contributed by atoms with E-state index in [1.54, 1.807) is 0 Å². The first-order chi connectivity index (χ1) is 8.72. The molecule has 3 nitrogen and oxygen atoms in total. The minimum atomic E-state index is 0.719. The van der Waals surface area contributed by atoms with Crippen LogP contribution in [0.1, 0.15) is 18.4 Å². The van der Waals surface area contributed by atoms with Gasteiger partial charge in [0.05, 0.1) is 0 Å². The smallest absolute Gasteiger partial charge is 0.207 e. The molecular weight excluding hydrogens is 248 g/mol. The molecule has 0 aliphatic rings. The number of likely N-dealkylation sites (N-methyl/N-ethyl adjacent to an activating group) is 1. The molecule has 0 radical (unpaired) electrons. The summed E-state index contributed by atoms with van der Waals surface area (Å²) >= 11 is 5.84. The van der Waals surface area contributed by atoms with Crippen molar-refractivity contribution in [3.8, 4) is 0 Å². The fourth-order valence-electron chi connectivity index (χ4n) is 1.79. The lowest BCUT2D eigenvalue weighted by Crippen LogP contribution is -2.29. The molecule has 0 bridgehead atoms. The number of hydrogen-bond donors (Lipinski definition) is 1. The van der Waals surface area contributed by atoms with Crippen molar-refractivity contribution in [2.45, 2.75) is 19.3 Å². The number of nitrogens with one attached hydrogen (secondary N) is 1. The number of amides is 1. The molecule has 0 heterocycles. The number of hydrogen-bond acceptors (Lipinski definition) is 2. The first-order valence-electron chi connectivity index (χ1n) is 6.32. The SMILES string of the molecule is CN(CCCCc1ccc(Cl)cc1)CCNC=O. The van der Waals surface area contributed by atoms with Gasteiger partial charge in [0.1, 0.15) is 0 Å². The fraction of sp³-hybridized carbons (Fsp3) is 0.500. The van der Waals surface area contributed by atoms with Crippen LogP contribution in [0.4, 0.5) is 0 Å². The van der Waals surface area contributed by atoms with Crippen LogP contribution in [0.15, 0.2) is 24.3 Å². The highest BCUT2D eigenvalue weighted by molar-refractivity contribution is 6.30. The van der Waals surface area contributed by atoms with Gasteiger partial charge in [0.2, 0.25) is 6.41 Å². The number of unbranched alkanes of at least 4 members (excludes halogenated alkanes) is 1. The molecular formula is C14H21ClN2O. The van der Waals surface area contributed by atoms with Gasteiger partial charge in [-0.15, -0.1) is 0 Å². The van der Waals surface area contributed by atoms with Gasteiger partial charge in [-0.25, -0.2) is 0 Å². The Kier molecular flexibility index (Phi) is 7.46. The minimum absolute atomic E-state index is 0.719. The number of halogens is 1. The molecule has 0 unspecified atom stereocenters. The van der Waals surface area contributed by atoms with Gasteiger partial charge in [-0.05, 0) is 50.6 Å². The normalized spacial score (nSPS) is 10.6. The molecule has 18 heavy (non-hydrogen) atoms. The Labute approximate surface area is 114 Å². The monoisotopic (exact) mass is 268 g/mol. The molecule has 0 aromatic heterocycles. The molecule has 0 aliphatic heterocycles. The molecule has 0 spiro atoms. The van der Waals surface area contributed by atoms with Crippen LogP contribution in [0.25, 0.3) is 0 Å². The van der Waals surface area contributed by atoms with Crippen molar-refractivity contribution < 1.29 is 4.79 Å². The lowest BCUT2D eigenvalue weighted by atomic mass is 10.1. The second-order valence-electron chi connectivity index (χ2n) is 4.46. The maximum absolute atomic E-state index is 10.1. The summed E-state index contributed by atoms with van der Waals surface area (Å²) in [7, 11) is 2.08. The average Bonchev–Trinajstić information content (AvgIpc) is 2.37. The molecule has 0 atom stereocenters. The Morgan fingerprint density at radius 2 is 1.94 bits per heavy atom. The molecule has 0 saturated carbocycles. The lowest BCUT2D eigenvalue weighted by molar-refractivity contribution is -0.109. The third-order valence-corrected chi connectivity index (χ3v) is 3.14. The summed E-state index contributed by atoms with van der Waals surface area (Å²) < 4.78 is 0. The third-order valence-electron chi connectivity index (χ3n) is 2.89. The van der Waals surface area contributed by atoms with E-state index in [1.165, 1.54) is 18.4 Å². The molecule has 0 fully saturated rings. The van der Waals surface area contributed by atoms with Crippen molar-refractivity contribution in [1.82, 2.24) is 10.2 Å². The molecule has 100 valence electrons. The molecule has 1 aromatic carbocycles. The summed E-state index contributed by atoms with van der Waals surface area (Å²) in [6.45, 7) is 2.69. The van der Waals surface area contributed by atoms with Gasteiger partial charge in [0, 0.05) is 18.1 Å². The summed E-state index contributed by atoms with van der Waals surface area (Å²) in [6.07, 6.45) is 4.18. The van der Waals surface area contributed by atoms with E-state index in [0.717, 1.165) is 37.5 Å². The summed E-state index contributed by atoms with van der Waals surface area (Å²) in [4.78, 5) is 12.3. The standard InChI is InChI=1S/C14H21ClN2O/c1-17(11-9-16-12-18)10-3-2-4-13-5-7-14(15)8-6-13/h5-8,12H,2-4,9-11H2,1H3,(H,16,18). The zero-order valence-electron chi connectivity index (χ0n) is 10.9. The number of carbonyl (C=O) groups excluding carboxylic acids is 1. The second kappa shape index (κ2) is 8.95. The van der Waals surface area contributed by atoms with Gasteiger partial charge in [-0.3, -0.25) is 4.79 Å². The van der Waals surface area contributed by atoms with Crippen LogP contribution in [0, 0.1) is 0 Å². The van der Waals surface area contributed by atoms with Crippen LogP contribution in [0.2, 0.25) is 5.02 Å². The highest BCUT2D eigenvalue weighted by Gasteiger charge is 1.98. The summed E-state index contributed by atoms with van der Waals surface area (Å²) in [6, 6.07) is 8.04. The van der Waals surface area contributed by atoms with Crippen molar-refractivity contribution in [3.63, 3.8) is 0 Å². The Hall–Kier alpha value is -1.06. The molecule has 1 rings (SSSR count). The lowest BCUT2D eigenvalue weighted by Gasteiger charge is -2.15. The Balaban J connectivity index is 2.07. The zero-order chi connectivity index (χ0) is 13.2. The minimum Gasteiger partial charge on any atom is -0.357 e. The van der Waals surface area contributed by atoms with Crippen molar-refractivity contribution in [1.29, 1.82) is 0 Å². The van der Waals surface area contributed by atoms with Crippen molar-refractivity contribution in [2.75, 3.05) is 26.7 Å². The Bertz CT molecular complexity index is 340. The second-order valence-corrected chi connectivity index (χ2v) is 4.90. The highest BCUT2D eigenvalue weighted by Crippen LogP contribution is 2.11. The first kappa shape index (κ1) is 15.0. The number of nitrogens with zero attached hydrogens (tertiary/aromatic N) is 1. The van der Waals surface area contributed by atoms with Gasteiger partial charge in [0.15, 0.2) is 0 Å². The van der Waals surface area contributed by atoms with Gasteiger partial charge in [0.25, 0.3) is 0 Å². The average molecular weight is 269 g/mol. The molecule has 4 heteroatoms. The molecule has 0 saturated heterocycles. The first-order valence-corrected chi connectivity index (χ1v) is 6.70. The van der Waals surface area contributed by atoms with E-state index in [2.05, 4.69) is 29.4 Å². The predicted molar refractivity (Wildman–Crippen MR) is 76.0 cm³/mol. The van der Waals surface area contributed by atoms with Gasteiger partial charge in [-0.2, -0.15) is 0 Å². The highest BCUT2D eigenvalue weighted by atomic mass is 35.5. The van der Waals surface area contributed by atoms with Crippen LogP contribution in [0.3, 0.4) is 0 Å². The van der Waals surface area contributed by atoms with E-state index in [9.17, 15) is 4.79 Å². The van der Waals surface area contributed by atoms with E-state index in [1.807, 2.05) is 12.1 Å². The van der Waals surface area contributed by atoms with E-state index in [-0.39, 0.29) is 0 Å². The zero-order valence-corrected chi connectivity index (χ0v) is 11.6. The summed E-state index contributed by atoms with van der Waals surface area (Å²) in [5.41, 5.74) is 1.34.